The van der Waals surface area contributed by atoms with E-state index in [0.717, 1.165) is 0 Å². The van der Waals surface area contributed by atoms with E-state index in [0.29, 0.717) is 20.8 Å². The molecule has 1 amide bonds. The average Bonchev–Trinajstić information content (AvgIpc) is 2.54. The van der Waals surface area contributed by atoms with Gasteiger partial charge in [-0.1, -0.05) is 23.7 Å². The molecule has 4 nitrogen and oxygen atoms in total. The number of para-hydroxylation sites is 1. The molecule has 0 unspecified atom stereocenters. The summed E-state index contributed by atoms with van der Waals surface area (Å²) in [7, 11) is 1.48. The molecule has 0 bridgehead atoms. The monoisotopic (exact) mass is 408 g/mol. The topological polar surface area (TPSA) is 62.1 Å². The lowest BCUT2D eigenvalue weighted by Crippen LogP contribution is -2.14. The molecule has 24 heavy (non-hydrogen) atoms. The number of carbonyl (C=O) groups excluding carboxylic acids is 1. The van der Waals surface area contributed by atoms with Gasteiger partial charge in [-0.3, -0.25) is 4.79 Å². The van der Waals surface area contributed by atoms with Crippen molar-refractivity contribution in [3.8, 4) is 11.8 Å². The minimum Gasteiger partial charge on any atom is -0.494 e. The number of rotatable bonds is 4. The predicted octanol–water partition coefficient (Wildman–Crippen LogP) is 4.80. The van der Waals surface area contributed by atoms with Crippen LogP contribution in [0.15, 0.2) is 46.4 Å². The molecule has 0 radical (unpaired) electrons. The number of carbonyl (C=O) groups is 1. The summed E-state index contributed by atoms with van der Waals surface area (Å²) < 4.78 is 19.3. The van der Waals surface area contributed by atoms with E-state index in [2.05, 4.69) is 21.2 Å². The van der Waals surface area contributed by atoms with Crippen LogP contribution < -0.4 is 10.1 Å². The Morgan fingerprint density at radius 1 is 1.42 bits per heavy atom. The van der Waals surface area contributed by atoms with Crippen molar-refractivity contribution in [3.63, 3.8) is 0 Å². The summed E-state index contributed by atoms with van der Waals surface area (Å²) >= 11 is 9.37. The first-order valence-corrected chi connectivity index (χ1v) is 7.84. The van der Waals surface area contributed by atoms with E-state index in [4.69, 9.17) is 16.3 Å². The minimum atomic E-state index is -0.717. The van der Waals surface area contributed by atoms with Gasteiger partial charge < -0.3 is 10.1 Å². The molecule has 1 N–H and O–H groups in total. The van der Waals surface area contributed by atoms with Crippen molar-refractivity contribution in [2.75, 3.05) is 12.4 Å². The Kier molecular flexibility index (Phi) is 5.96. The van der Waals surface area contributed by atoms with E-state index in [1.54, 1.807) is 24.3 Å². The van der Waals surface area contributed by atoms with Crippen molar-refractivity contribution in [3.05, 3.63) is 62.8 Å². The van der Waals surface area contributed by atoms with Crippen LogP contribution in [0.5, 0.6) is 5.75 Å². The Bertz CT molecular complexity index is 839. The summed E-state index contributed by atoms with van der Waals surface area (Å²) in [6, 6.07) is 10.7. The number of nitrogens with zero attached hydrogens (tertiary/aromatic N) is 1. The molecule has 0 aromatic heterocycles. The molecule has 0 saturated heterocycles. The maximum absolute atomic E-state index is 13.6. The van der Waals surface area contributed by atoms with Gasteiger partial charge in [0.25, 0.3) is 5.91 Å². The van der Waals surface area contributed by atoms with E-state index in [1.165, 1.54) is 31.4 Å². The SMILES string of the molecule is COc1c(Cl)cc(/C=C(/C#N)C(=O)Nc2ccccc2F)cc1Br. The van der Waals surface area contributed by atoms with E-state index >= 15 is 0 Å². The highest BCUT2D eigenvalue weighted by molar-refractivity contribution is 9.10. The van der Waals surface area contributed by atoms with Crippen molar-refractivity contribution in [1.29, 1.82) is 5.26 Å². The Morgan fingerprint density at radius 2 is 2.12 bits per heavy atom. The fourth-order valence-electron chi connectivity index (χ4n) is 1.93. The summed E-state index contributed by atoms with van der Waals surface area (Å²) in [5.74, 6) is -0.854. The highest BCUT2D eigenvalue weighted by atomic mass is 79.9. The first-order valence-electron chi connectivity index (χ1n) is 6.67. The van der Waals surface area contributed by atoms with Gasteiger partial charge in [0.2, 0.25) is 0 Å². The number of hydrogen-bond acceptors (Lipinski definition) is 3. The van der Waals surface area contributed by atoms with Crippen LogP contribution in [-0.4, -0.2) is 13.0 Å². The van der Waals surface area contributed by atoms with Gasteiger partial charge in [-0.2, -0.15) is 5.26 Å². The van der Waals surface area contributed by atoms with E-state index in [1.807, 2.05) is 0 Å². The Hall–Kier alpha value is -2.36. The van der Waals surface area contributed by atoms with Gasteiger partial charge in [0, 0.05) is 0 Å². The number of methoxy groups -OCH3 is 1. The molecule has 7 heteroatoms. The van der Waals surface area contributed by atoms with Crippen molar-refractivity contribution >= 4 is 45.2 Å². The highest BCUT2D eigenvalue weighted by Gasteiger charge is 2.13. The van der Waals surface area contributed by atoms with Crippen LogP contribution in [0.25, 0.3) is 6.08 Å². The van der Waals surface area contributed by atoms with Crippen molar-refractivity contribution in [1.82, 2.24) is 0 Å². The lowest BCUT2D eigenvalue weighted by Gasteiger charge is -2.08. The molecular weight excluding hydrogens is 399 g/mol. The van der Waals surface area contributed by atoms with Gasteiger partial charge in [0.15, 0.2) is 5.75 Å². The van der Waals surface area contributed by atoms with E-state index < -0.39 is 11.7 Å². The van der Waals surface area contributed by atoms with Crippen LogP contribution in [0.1, 0.15) is 5.56 Å². The number of anilines is 1. The lowest BCUT2D eigenvalue weighted by molar-refractivity contribution is -0.112. The highest BCUT2D eigenvalue weighted by Crippen LogP contribution is 2.34. The van der Waals surface area contributed by atoms with Crippen LogP contribution in [0.2, 0.25) is 5.02 Å². The number of halogens is 3. The quantitative estimate of drug-likeness (QED) is 0.583. The van der Waals surface area contributed by atoms with Crippen LogP contribution in [0, 0.1) is 17.1 Å². The zero-order valence-corrected chi connectivity index (χ0v) is 14.8. The smallest absolute Gasteiger partial charge is 0.266 e. The van der Waals surface area contributed by atoms with Crippen LogP contribution >= 0.6 is 27.5 Å². The number of ether oxygens (including phenoxy) is 1. The molecule has 0 heterocycles. The standard InChI is InChI=1S/C17H11BrClFN2O2/c1-24-16-12(18)7-10(8-13(16)19)6-11(9-21)17(23)22-15-5-3-2-4-14(15)20/h2-8H,1H3,(H,22,23)/b11-6-. The summed E-state index contributed by atoms with van der Waals surface area (Å²) in [6.07, 6.45) is 1.35. The predicted molar refractivity (Wildman–Crippen MR) is 94.3 cm³/mol. The van der Waals surface area contributed by atoms with E-state index in [-0.39, 0.29) is 11.3 Å². The molecule has 0 saturated carbocycles. The number of nitriles is 1. The van der Waals surface area contributed by atoms with Gasteiger partial charge >= 0.3 is 0 Å². The van der Waals surface area contributed by atoms with Crippen LogP contribution in [0.4, 0.5) is 10.1 Å². The Morgan fingerprint density at radius 3 is 2.71 bits per heavy atom. The summed E-state index contributed by atoms with van der Waals surface area (Å²) in [6.45, 7) is 0. The first kappa shape index (κ1) is 18.0. The second-order valence-electron chi connectivity index (χ2n) is 4.62. The van der Waals surface area contributed by atoms with E-state index in [9.17, 15) is 14.4 Å². The first-order chi connectivity index (χ1) is 11.5. The lowest BCUT2D eigenvalue weighted by atomic mass is 10.1. The molecule has 122 valence electrons. The largest absolute Gasteiger partial charge is 0.494 e. The second-order valence-corrected chi connectivity index (χ2v) is 5.88. The number of hydrogen-bond donors (Lipinski definition) is 1. The molecule has 0 fully saturated rings. The Labute approximate surface area is 151 Å². The zero-order valence-electron chi connectivity index (χ0n) is 12.4. The molecule has 0 aliphatic carbocycles. The van der Waals surface area contributed by atoms with Gasteiger partial charge in [0.05, 0.1) is 22.3 Å². The normalized spacial score (nSPS) is 10.9. The molecule has 0 atom stereocenters. The van der Waals surface area contributed by atoms with Gasteiger partial charge in [-0.15, -0.1) is 0 Å². The van der Waals surface area contributed by atoms with Gasteiger partial charge in [-0.25, -0.2) is 4.39 Å². The summed E-state index contributed by atoms with van der Waals surface area (Å²) in [4.78, 5) is 12.2. The molecule has 2 aromatic rings. The molecule has 0 aliphatic heterocycles. The van der Waals surface area contributed by atoms with Gasteiger partial charge in [0.1, 0.15) is 17.5 Å². The summed E-state index contributed by atoms with van der Waals surface area (Å²) in [5.41, 5.74) is 0.330. The fraction of sp³-hybridized carbons (Fsp3) is 0.0588. The maximum Gasteiger partial charge on any atom is 0.266 e. The number of nitrogens with one attached hydrogen (secondary N) is 1. The fourth-order valence-corrected chi connectivity index (χ4v) is 2.98. The maximum atomic E-state index is 13.6. The van der Waals surface area contributed by atoms with Crippen LogP contribution in [0.3, 0.4) is 0 Å². The second kappa shape index (κ2) is 7.95. The summed E-state index contributed by atoms with van der Waals surface area (Å²) in [5, 5.41) is 11.9. The molecule has 2 rings (SSSR count). The zero-order chi connectivity index (χ0) is 17.7. The third-order valence-corrected chi connectivity index (χ3v) is 3.89. The van der Waals surface area contributed by atoms with Gasteiger partial charge in [-0.05, 0) is 51.8 Å². The molecular formula is C17H11BrClFN2O2. The minimum absolute atomic E-state index is 0.00223. The third kappa shape index (κ3) is 4.13. The molecule has 2 aromatic carbocycles. The number of amides is 1. The molecule has 0 aliphatic rings. The molecule has 0 spiro atoms. The van der Waals surface area contributed by atoms with Crippen LogP contribution in [-0.2, 0) is 4.79 Å². The average molecular weight is 410 g/mol. The Balaban J connectivity index is 2.31. The third-order valence-electron chi connectivity index (χ3n) is 3.02. The number of benzene rings is 2. The van der Waals surface area contributed by atoms with Crippen molar-refractivity contribution < 1.29 is 13.9 Å². The van der Waals surface area contributed by atoms with Crippen molar-refractivity contribution in [2.45, 2.75) is 0 Å². The van der Waals surface area contributed by atoms with Crippen molar-refractivity contribution in [2.24, 2.45) is 0 Å².